The minimum atomic E-state index is -0.0107. The molecule has 0 spiro atoms. The third-order valence-corrected chi connectivity index (χ3v) is 5.92. The summed E-state index contributed by atoms with van der Waals surface area (Å²) in [7, 11) is 0. The Hall–Kier alpha value is -2.97. The number of carbonyl (C=O) groups is 1. The molecule has 0 atom stereocenters. The third kappa shape index (κ3) is 3.10. The van der Waals surface area contributed by atoms with E-state index < -0.39 is 0 Å². The molecular formula is C20H19N5O2S. The highest BCUT2D eigenvalue weighted by Gasteiger charge is 2.25. The zero-order chi connectivity index (χ0) is 18.9. The summed E-state index contributed by atoms with van der Waals surface area (Å²) in [6.07, 6.45) is 5.07. The van der Waals surface area contributed by atoms with Gasteiger partial charge in [-0.2, -0.15) is 5.10 Å². The average Bonchev–Trinajstić information content (AvgIpc) is 3.49. The summed E-state index contributed by atoms with van der Waals surface area (Å²) in [6.45, 7) is 3.78. The first-order valence-electron chi connectivity index (χ1n) is 9.20. The van der Waals surface area contributed by atoms with Crippen LogP contribution in [0.25, 0.3) is 16.2 Å². The second-order valence-electron chi connectivity index (χ2n) is 6.75. The maximum atomic E-state index is 13.1. The summed E-state index contributed by atoms with van der Waals surface area (Å²) in [5.74, 6) is 0.941. The van der Waals surface area contributed by atoms with Crippen molar-refractivity contribution in [2.45, 2.75) is 6.54 Å². The third-order valence-electron chi connectivity index (χ3n) is 5.02. The van der Waals surface area contributed by atoms with Crippen molar-refractivity contribution in [1.82, 2.24) is 24.4 Å². The molecule has 142 valence electrons. The van der Waals surface area contributed by atoms with Crippen LogP contribution in [-0.2, 0) is 6.54 Å². The molecule has 1 aliphatic rings. The van der Waals surface area contributed by atoms with Gasteiger partial charge in [0.1, 0.15) is 11.3 Å². The highest BCUT2D eigenvalue weighted by atomic mass is 32.1. The summed E-state index contributed by atoms with van der Waals surface area (Å²) in [6, 6.07) is 9.85. The molecule has 5 heterocycles. The number of fused-ring (bicyclic) bond motifs is 1. The topological polar surface area (TPSA) is 66.9 Å². The molecule has 0 aromatic carbocycles. The molecule has 0 N–H and O–H groups in total. The van der Waals surface area contributed by atoms with Crippen molar-refractivity contribution in [2.24, 2.45) is 0 Å². The lowest BCUT2D eigenvalue weighted by atomic mass is 10.2. The Morgan fingerprint density at radius 1 is 1.14 bits per heavy atom. The zero-order valence-electron chi connectivity index (χ0n) is 15.2. The van der Waals surface area contributed by atoms with E-state index in [1.807, 2.05) is 40.6 Å². The summed E-state index contributed by atoms with van der Waals surface area (Å²) in [5, 5.41) is 6.47. The minimum Gasteiger partial charge on any atom is -0.468 e. The van der Waals surface area contributed by atoms with Crippen LogP contribution in [0.3, 0.4) is 0 Å². The normalized spacial score (nSPS) is 15.4. The fourth-order valence-corrected chi connectivity index (χ4v) is 4.29. The summed E-state index contributed by atoms with van der Waals surface area (Å²) in [4.78, 5) is 22.8. The zero-order valence-corrected chi connectivity index (χ0v) is 16.0. The van der Waals surface area contributed by atoms with E-state index in [9.17, 15) is 4.79 Å². The predicted molar refractivity (Wildman–Crippen MR) is 106 cm³/mol. The molecule has 1 fully saturated rings. The van der Waals surface area contributed by atoms with E-state index in [4.69, 9.17) is 4.42 Å². The van der Waals surface area contributed by atoms with E-state index >= 15 is 0 Å². The molecule has 28 heavy (non-hydrogen) atoms. The molecule has 0 unspecified atom stereocenters. The maximum absolute atomic E-state index is 13.1. The van der Waals surface area contributed by atoms with E-state index in [1.165, 1.54) is 0 Å². The monoisotopic (exact) mass is 393 g/mol. The van der Waals surface area contributed by atoms with Crippen LogP contribution in [-0.4, -0.2) is 56.5 Å². The first-order valence-corrected chi connectivity index (χ1v) is 10.1. The van der Waals surface area contributed by atoms with Gasteiger partial charge in [-0.05, 0) is 29.6 Å². The number of carbonyl (C=O) groups excluding carboxylic acids is 1. The average molecular weight is 393 g/mol. The van der Waals surface area contributed by atoms with Gasteiger partial charge in [-0.15, -0.1) is 11.3 Å². The van der Waals surface area contributed by atoms with Gasteiger partial charge in [0.05, 0.1) is 29.6 Å². The number of piperazine rings is 1. The molecule has 0 aliphatic carbocycles. The van der Waals surface area contributed by atoms with Gasteiger partial charge in [0.15, 0.2) is 5.65 Å². The van der Waals surface area contributed by atoms with Crippen LogP contribution in [0.4, 0.5) is 0 Å². The standard InChI is InChI=1S/C20H19N5O2S/c26-20(24-9-7-23(8-10-24)14-15-3-1-11-27-15)16-13-22-25-17(5-6-21-19(16)25)18-4-2-12-28-18/h1-6,11-13H,7-10,14H2. The van der Waals surface area contributed by atoms with E-state index in [0.717, 1.165) is 36.0 Å². The van der Waals surface area contributed by atoms with Gasteiger partial charge < -0.3 is 9.32 Å². The van der Waals surface area contributed by atoms with Crippen molar-refractivity contribution in [3.05, 3.63) is 65.7 Å². The molecule has 0 saturated carbocycles. The van der Waals surface area contributed by atoms with E-state index in [-0.39, 0.29) is 5.91 Å². The van der Waals surface area contributed by atoms with Crippen LogP contribution >= 0.6 is 11.3 Å². The molecule has 4 aromatic heterocycles. The first kappa shape index (κ1) is 17.2. The Bertz CT molecular complexity index is 1080. The number of hydrogen-bond acceptors (Lipinski definition) is 6. The molecule has 0 bridgehead atoms. The van der Waals surface area contributed by atoms with Crippen molar-refractivity contribution in [2.75, 3.05) is 26.2 Å². The van der Waals surface area contributed by atoms with Crippen molar-refractivity contribution in [1.29, 1.82) is 0 Å². The molecule has 0 radical (unpaired) electrons. The van der Waals surface area contributed by atoms with Crippen molar-refractivity contribution < 1.29 is 9.21 Å². The maximum Gasteiger partial charge on any atom is 0.259 e. The van der Waals surface area contributed by atoms with E-state index in [1.54, 1.807) is 34.5 Å². The molecule has 1 aliphatic heterocycles. The lowest BCUT2D eigenvalue weighted by molar-refractivity contribution is 0.0622. The lowest BCUT2D eigenvalue weighted by Crippen LogP contribution is -2.48. The molecule has 1 amide bonds. The van der Waals surface area contributed by atoms with Gasteiger partial charge in [0, 0.05) is 32.4 Å². The molecule has 7 nitrogen and oxygen atoms in total. The Kier molecular flexibility index (Phi) is 4.42. The highest BCUT2D eigenvalue weighted by molar-refractivity contribution is 7.13. The number of hydrogen-bond donors (Lipinski definition) is 0. The highest BCUT2D eigenvalue weighted by Crippen LogP contribution is 2.25. The summed E-state index contributed by atoms with van der Waals surface area (Å²) >= 11 is 1.64. The van der Waals surface area contributed by atoms with Gasteiger partial charge in [-0.1, -0.05) is 6.07 Å². The Morgan fingerprint density at radius 2 is 2.04 bits per heavy atom. The SMILES string of the molecule is O=C(c1cnn2c(-c3cccs3)ccnc12)N1CCN(Cc2ccco2)CC1. The van der Waals surface area contributed by atoms with E-state index in [0.29, 0.717) is 24.3 Å². The number of nitrogens with zero attached hydrogens (tertiary/aromatic N) is 5. The molecular weight excluding hydrogens is 374 g/mol. The van der Waals surface area contributed by atoms with Crippen molar-refractivity contribution in [3.8, 4) is 10.6 Å². The first-order chi connectivity index (χ1) is 13.8. The molecule has 5 rings (SSSR count). The van der Waals surface area contributed by atoms with Gasteiger partial charge in [-0.3, -0.25) is 9.69 Å². The quantitative estimate of drug-likeness (QED) is 0.533. The fourth-order valence-electron chi connectivity index (χ4n) is 3.56. The van der Waals surface area contributed by atoms with Crippen LogP contribution in [0.15, 0.2) is 58.8 Å². The number of rotatable bonds is 4. The van der Waals surface area contributed by atoms with E-state index in [2.05, 4.69) is 15.0 Å². The fraction of sp³-hybridized carbons (Fsp3) is 0.250. The second kappa shape index (κ2) is 7.21. The Labute approximate surface area is 165 Å². The molecule has 4 aromatic rings. The Balaban J connectivity index is 1.33. The molecule has 1 saturated heterocycles. The Morgan fingerprint density at radius 3 is 2.79 bits per heavy atom. The largest absolute Gasteiger partial charge is 0.468 e. The number of aromatic nitrogens is 3. The second-order valence-corrected chi connectivity index (χ2v) is 7.70. The van der Waals surface area contributed by atoms with Crippen LogP contribution < -0.4 is 0 Å². The van der Waals surface area contributed by atoms with Gasteiger partial charge >= 0.3 is 0 Å². The smallest absolute Gasteiger partial charge is 0.259 e. The number of amides is 1. The predicted octanol–water partition coefficient (Wildman–Crippen LogP) is 3.01. The minimum absolute atomic E-state index is 0.0107. The summed E-state index contributed by atoms with van der Waals surface area (Å²) in [5.41, 5.74) is 2.11. The van der Waals surface area contributed by atoms with Gasteiger partial charge in [0.2, 0.25) is 0 Å². The van der Waals surface area contributed by atoms with Crippen LogP contribution in [0, 0.1) is 0 Å². The van der Waals surface area contributed by atoms with Crippen molar-refractivity contribution in [3.63, 3.8) is 0 Å². The van der Waals surface area contributed by atoms with Gasteiger partial charge in [-0.25, -0.2) is 9.50 Å². The lowest BCUT2D eigenvalue weighted by Gasteiger charge is -2.34. The van der Waals surface area contributed by atoms with Crippen LogP contribution in [0.5, 0.6) is 0 Å². The molecule has 8 heteroatoms. The number of thiophene rings is 1. The summed E-state index contributed by atoms with van der Waals surface area (Å²) < 4.78 is 7.17. The van der Waals surface area contributed by atoms with Crippen LogP contribution in [0.2, 0.25) is 0 Å². The van der Waals surface area contributed by atoms with Crippen molar-refractivity contribution >= 4 is 22.9 Å². The van der Waals surface area contributed by atoms with Crippen LogP contribution in [0.1, 0.15) is 16.1 Å². The van der Waals surface area contributed by atoms with Gasteiger partial charge in [0.25, 0.3) is 5.91 Å². The number of furan rings is 1.